The average molecular weight is 492 g/mol. The number of carbonyl (C=O) groups excluding carboxylic acids is 2. The fourth-order valence-electron chi connectivity index (χ4n) is 3.74. The molecule has 0 radical (unpaired) electrons. The van der Waals surface area contributed by atoms with Crippen LogP contribution in [0.15, 0.2) is 77.9 Å². The van der Waals surface area contributed by atoms with Crippen molar-refractivity contribution in [1.82, 2.24) is 5.43 Å². The molecule has 1 saturated heterocycles. The molecule has 7 nitrogen and oxygen atoms in total. The molecule has 1 aliphatic heterocycles. The van der Waals surface area contributed by atoms with Crippen molar-refractivity contribution in [3.63, 3.8) is 0 Å². The summed E-state index contributed by atoms with van der Waals surface area (Å²) < 4.78 is 11.6. The van der Waals surface area contributed by atoms with Crippen molar-refractivity contribution in [1.29, 1.82) is 0 Å². The molecule has 1 aliphatic rings. The number of hydrogen-bond donors (Lipinski definition) is 1. The van der Waals surface area contributed by atoms with E-state index < -0.39 is 5.92 Å². The van der Waals surface area contributed by atoms with E-state index in [9.17, 15) is 9.59 Å². The van der Waals surface area contributed by atoms with Gasteiger partial charge in [-0.1, -0.05) is 41.9 Å². The van der Waals surface area contributed by atoms with Gasteiger partial charge < -0.3 is 14.4 Å². The fraction of sp³-hybridized carbons (Fsp3) is 0.222. The quantitative estimate of drug-likeness (QED) is 0.344. The molecule has 1 N–H and O–H groups in total. The van der Waals surface area contributed by atoms with Crippen LogP contribution in [0.5, 0.6) is 11.5 Å². The summed E-state index contributed by atoms with van der Waals surface area (Å²) in [5.74, 6) is 0.365. The number of hydrazone groups is 1. The number of hydrogen-bond acceptors (Lipinski definition) is 5. The Bertz CT molecular complexity index is 1200. The van der Waals surface area contributed by atoms with Crippen LogP contribution in [0.4, 0.5) is 5.69 Å². The van der Waals surface area contributed by atoms with E-state index in [0.717, 1.165) is 16.8 Å². The third-order valence-corrected chi connectivity index (χ3v) is 5.78. The Balaban J connectivity index is 1.35. The highest BCUT2D eigenvalue weighted by molar-refractivity contribution is 6.30. The third-order valence-electron chi connectivity index (χ3n) is 5.53. The highest BCUT2D eigenvalue weighted by Crippen LogP contribution is 2.29. The minimum atomic E-state index is -0.456. The van der Waals surface area contributed by atoms with Gasteiger partial charge in [0.1, 0.15) is 6.61 Å². The van der Waals surface area contributed by atoms with Crippen LogP contribution in [-0.2, 0) is 16.2 Å². The number of para-hydroxylation sites is 1. The van der Waals surface area contributed by atoms with Crippen molar-refractivity contribution < 1.29 is 19.1 Å². The number of halogens is 1. The molecule has 3 aromatic carbocycles. The van der Waals surface area contributed by atoms with Crippen LogP contribution in [-0.4, -0.2) is 31.2 Å². The minimum absolute atomic E-state index is 0.0733. The molecule has 2 amide bonds. The average Bonchev–Trinajstić information content (AvgIpc) is 3.27. The Morgan fingerprint density at radius 2 is 1.86 bits per heavy atom. The number of amides is 2. The zero-order chi connectivity index (χ0) is 24.6. The van der Waals surface area contributed by atoms with E-state index in [1.165, 1.54) is 6.21 Å². The lowest BCUT2D eigenvalue weighted by atomic mass is 10.1. The summed E-state index contributed by atoms with van der Waals surface area (Å²) in [5, 5.41) is 4.75. The summed E-state index contributed by atoms with van der Waals surface area (Å²) in [6, 6.07) is 22.2. The van der Waals surface area contributed by atoms with E-state index in [-0.39, 0.29) is 18.2 Å². The maximum atomic E-state index is 12.6. The van der Waals surface area contributed by atoms with E-state index in [4.69, 9.17) is 21.1 Å². The Morgan fingerprint density at radius 1 is 1.09 bits per heavy atom. The lowest BCUT2D eigenvalue weighted by Crippen LogP contribution is -2.30. The van der Waals surface area contributed by atoms with Gasteiger partial charge in [0.15, 0.2) is 11.5 Å². The maximum Gasteiger partial charge on any atom is 0.245 e. The van der Waals surface area contributed by atoms with Crippen LogP contribution in [0.3, 0.4) is 0 Å². The van der Waals surface area contributed by atoms with Gasteiger partial charge in [-0.05, 0) is 60.5 Å². The van der Waals surface area contributed by atoms with Gasteiger partial charge in [-0.25, -0.2) is 5.43 Å². The molecule has 0 aliphatic carbocycles. The van der Waals surface area contributed by atoms with Gasteiger partial charge in [-0.15, -0.1) is 0 Å². The first-order chi connectivity index (χ1) is 17.0. The molecule has 35 heavy (non-hydrogen) atoms. The van der Waals surface area contributed by atoms with Crippen molar-refractivity contribution in [2.24, 2.45) is 11.0 Å². The molecule has 0 bridgehead atoms. The van der Waals surface area contributed by atoms with Crippen LogP contribution in [0.25, 0.3) is 0 Å². The second-order valence-corrected chi connectivity index (χ2v) is 8.47. The highest BCUT2D eigenvalue weighted by Gasteiger charge is 2.35. The van der Waals surface area contributed by atoms with Gasteiger partial charge in [0, 0.05) is 23.7 Å². The summed E-state index contributed by atoms with van der Waals surface area (Å²) in [6.07, 6.45) is 1.69. The van der Waals surface area contributed by atoms with Gasteiger partial charge in [0.25, 0.3) is 0 Å². The van der Waals surface area contributed by atoms with Crippen molar-refractivity contribution in [3.05, 3.63) is 88.9 Å². The number of nitrogens with zero attached hydrogens (tertiary/aromatic N) is 2. The molecule has 0 saturated carbocycles. The van der Waals surface area contributed by atoms with Gasteiger partial charge in [0.2, 0.25) is 11.8 Å². The molecule has 0 aromatic heterocycles. The molecule has 3 aromatic rings. The number of nitrogens with one attached hydrogen (secondary N) is 1. The summed E-state index contributed by atoms with van der Waals surface area (Å²) in [5.41, 5.74) is 5.07. The number of anilines is 1. The molecule has 0 unspecified atom stereocenters. The predicted octanol–water partition coefficient (Wildman–Crippen LogP) is 4.82. The number of rotatable bonds is 9. The SMILES string of the molecule is CCOc1cc(/C=N\NC(=O)[C@H]2CC(=O)N(c3ccccc3)C2)ccc1OCc1ccc(Cl)cc1. The lowest BCUT2D eigenvalue weighted by molar-refractivity contribution is -0.126. The summed E-state index contributed by atoms with van der Waals surface area (Å²) >= 11 is 5.93. The first-order valence-corrected chi connectivity index (χ1v) is 11.7. The van der Waals surface area contributed by atoms with Crippen LogP contribution in [0.1, 0.15) is 24.5 Å². The molecular weight excluding hydrogens is 466 g/mol. The van der Waals surface area contributed by atoms with E-state index >= 15 is 0 Å². The summed E-state index contributed by atoms with van der Waals surface area (Å²) in [7, 11) is 0. The normalized spacial score (nSPS) is 15.4. The fourth-order valence-corrected chi connectivity index (χ4v) is 3.86. The number of carbonyl (C=O) groups is 2. The topological polar surface area (TPSA) is 80.2 Å². The smallest absolute Gasteiger partial charge is 0.245 e. The lowest BCUT2D eigenvalue weighted by Gasteiger charge is -2.16. The van der Waals surface area contributed by atoms with Gasteiger partial charge in [-0.2, -0.15) is 5.10 Å². The zero-order valence-electron chi connectivity index (χ0n) is 19.3. The van der Waals surface area contributed by atoms with Gasteiger partial charge >= 0.3 is 0 Å². The van der Waals surface area contributed by atoms with Crippen LogP contribution in [0, 0.1) is 5.92 Å². The third kappa shape index (κ3) is 6.39. The minimum Gasteiger partial charge on any atom is -0.490 e. The Hall–Kier alpha value is -3.84. The van der Waals surface area contributed by atoms with Crippen molar-refractivity contribution in [2.45, 2.75) is 20.0 Å². The predicted molar refractivity (Wildman–Crippen MR) is 136 cm³/mol. The standard InChI is InChI=1S/C27H26ClN3O4/c1-2-34-25-14-20(10-13-24(25)35-18-19-8-11-22(28)12-9-19)16-29-30-27(33)21-15-26(32)31(17-21)23-6-4-3-5-7-23/h3-14,16,21H,2,15,17-18H2,1H3,(H,30,33)/b29-16-/t21-/m0/s1. The Labute approximate surface area is 209 Å². The largest absolute Gasteiger partial charge is 0.490 e. The van der Waals surface area contributed by atoms with Crippen molar-refractivity contribution in [2.75, 3.05) is 18.1 Å². The van der Waals surface area contributed by atoms with E-state index in [0.29, 0.717) is 36.3 Å². The molecule has 1 fully saturated rings. The van der Waals surface area contributed by atoms with Gasteiger partial charge in [-0.3, -0.25) is 9.59 Å². The first kappa shape index (κ1) is 24.3. The molecule has 8 heteroatoms. The summed E-state index contributed by atoms with van der Waals surface area (Å²) in [6.45, 7) is 3.08. The highest BCUT2D eigenvalue weighted by atomic mass is 35.5. The second kappa shape index (κ2) is 11.5. The maximum absolute atomic E-state index is 12.6. The molecule has 180 valence electrons. The second-order valence-electron chi connectivity index (χ2n) is 8.03. The summed E-state index contributed by atoms with van der Waals surface area (Å²) in [4.78, 5) is 26.5. The Kier molecular flexibility index (Phi) is 8.00. The zero-order valence-corrected chi connectivity index (χ0v) is 20.1. The van der Waals surface area contributed by atoms with Crippen LogP contribution < -0.4 is 19.8 Å². The van der Waals surface area contributed by atoms with E-state index in [1.807, 2.05) is 67.6 Å². The van der Waals surface area contributed by atoms with E-state index in [1.54, 1.807) is 17.0 Å². The molecular formula is C27H26ClN3O4. The van der Waals surface area contributed by atoms with Crippen molar-refractivity contribution >= 4 is 35.3 Å². The molecule has 0 spiro atoms. The van der Waals surface area contributed by atoms with E-state index in [2.05, 4.69) is 10.5 Å². The monoisotopic (exact) mass is 491 g/mol. The first-order valence-electron chi connectivity index (χ1n) is 11.4. The Morgan fingerprint density at radius 3 is 2.60 bits per heavy atom. The van der Waals surface area contributed by atoms with Gasteiger partial charge in [0.05, 0.1) is 18.7 Å². The van der Waals surface area contributed by atoms with Crippen molar-refractivity contribution in [3.8, 4) is 11.5 Å². The van der Waals surface area contributed by atoms with Crippen LogP contribution >= 0.6 is 11.6 Å². The molecule has 1 heterocycles. The number of benzene rings is 3. The molecule has 1 atom stereocenters. The van der Waals surface area contributed by atoms with Crippen LogP contribution in [0.2, 0.25) is 5.02 Å². The molecule has 4 rings (SSSR count). The number of ether oxygens (including phenoxy) is 2.